The molecule has 2 rings (SSSR count). The summed E-state index contributed by atoms with van der Waals surface area (Å²) < 4.78 is 0. The lowest BCUT2D eigenvalue weighted by Crippen LogP contribution is -2.40. The van der Waals surface area contributed by atoms with Crippen molar-refractivity contribution in [3.63, 3.8) is 0 Å². The van der Waals surface area contributed by atoms with E-state index in [-0.39, 0.29) is 24.3 Å². The van der Waals surface area contributed by atoms with E-state index in [9.17, 15) is 9.59 Å². The molecular weight excluding hydrogens is 396 g/mol. The molecule has 0 spiro atoms. The maximum atomic E-state index is 13.1. The molecule has 2 aromatic rings. The first-order valence-corrected chi connectivity index (χ1v) is 12.2. The Labute approximate surface area is 194 Å². The number of amides is 2. The Morgan fingerprint density at radius 1 is 0.938 bits per heavy atom. The average Bonchev–Trinajstić information content (AvgIpc) is 2.80. The largest absolute Gasteiger partial charge is 0.335 e. The molecule has 1 unspecified atom stereocenters. The molecule has 2 amide bonds. The van der Waals surface area contributed by atoms with Crippen LogP contribution in [0.5, 0.6) is 0 Å². The Morgan fingerprint density at radius 3 is 2.28 bits per heavy atom. The van der Waals surface area contributed by atoms with Gasteiger partial charge in [0.05, 0.1) is 0 Å². The highest BCUT2D eigenvalue weighted by atomic mass is 16.2. The lowest BCUT2D eigenvalue weighted by Gasteiger charge is -2.29. The number of carbonyl (C=O) groups is 2. The molecule has 0 heterocycles. The van der Waals surface area contributed by atoms with Crippen LogP contribution >= 0.6 is 0 Å². The Morgan fingerprint density at radius 2 is 1.62 bits per heavy atom. The number of benzene rings is 2. The number of rotatable bonds is 13. The first-order chi connectivity index (χ1) is 15.5. The SMILES string of the molecule is CCCCCCCc1ccc(NC(=O)CCN(C(=O)c2ccccc2C)C(C)CC)cc1. The van der Waals surface area contributed by atoms with Crippen molar-refractivity contribution < 1.29 is 9.59 Å². The first kappa shape index (κ1) is 25.6. The molecule has 0 aliphatic carbocycles. The Hall–Kier alpha value is -2.62. The van der Waals surface area contributed by atoms with Crippen LogP contribution in [0.4, 0.5) is 5.69 Å². The van der Waals surface area contributed by atoms with Crippen LogP contribution in [-0.4, -0.2) is 29.3 Å². The van der Waals surface area contributed by atoms with E-state index in [0.29, 0.717) is 12.1 Å². The molecule has 1 N–H and O–H groups in total. The van der Waals surface area contributed by atoms with Crippen molar-refractivity contribution in [2.45, 2.75) is 85.1 Å². The molecule has 0 aromatic heterocycles. The Balaban J connectivity index is 1.88. The lowest BCUT2D eigenvalue weighted by atomic mass is 10.1. The van der Waals surface area contributed by atoms with Crippen molar-refractivity contribution in [1.29, 1.82) is 0 Å². The van der Waals surface area contributed by atoms with Crippen LogP contribution in [0.25, 0.3) is 0 Å². The molecule has 4 heteroatoms. The third-order valence-electron chi connectivity index (χ3n) is 6.15. The molecule has 0 radical (unpaired) electrons. The van der Waals surface area contributed by atoms with E-state index in [4.69, 9.17) is 0 Å². The molecule has 2 aromatic carbocycles. The number of carbonyl (C=O) groups excluding carboxylic acids is 2. The van der Waals surface area contributed by atoms with Crippen molar-refractivity contribution in [3.05, 3.63) is 65.2 Å². The van der Waals surface area contributed by atoms with E-state index < -0.39 is 0 Å². The zero-order valence-corrected chi connectivity index (χ0v) is 20.3. The highest BCUT2D eigenvalue weighted by molar-refractivity contribution is 5.96. The molecule has 0 saturated carbocycles. The normalized spacial score (nSPS) is 11.8. The summed E-state index contributed by atoms with van der Waals surface area (Å²) in [4.78, 5) is 27.5. The number of anilines is 1. The van der Waals surface area contributed by atoms with Crippen molar-refractivity contribution in [3.8, 4) is 0 Å². The fraction of sp³-hybridized carbons (Fsp3) is 0.500. The van der Waals surface area contributed by atoms with Gasteiger partial charge in [-0.15, -0.1) is 0 Å². The number of hydrogen-bond acceptors (Lipinski definition) is 2. The van der Waals surface area contributed by atoms with Gasteiger partial charge in [-0.1, -0.05) is 69.9 Å². The zero-order valence-electron chi connectivity index (χ0n) is 20.3. The molecule has 0 aliphatic heterocycles. The minimum atomic E-state index is -0.0665. The third-order valence-corrected chi connectivity index (χ3v) is 6.15. The fourth-order valence-electron chi connectivity index (χ4n) is 3.84. The zero-order chi connectivity index (χ0) is 23.3. The van der Waals surface area contributed by atoms with Crippen molar-refractivity contribution in [1.82, 2.24) is 4.90 Å². The van der Waals surface area contributed by atoms with Gasteiger partial charge in [-0.05, 0) is 62.4 Å². The minimum absolute atomic E-state index is 0.00598. The summed E-state index contributed by atoms with van der Waals surface area (Å²) in [7, 11) is 0. The highest BCUT2D eigenvalue weighted by Crippen LogP contribution is 2.16. The third kappa shape index (κ3) is 8.14. The summed E-state index contributed by atoms with van der Waals surface area (Å²) in [5, 5.41) is 2.98. The van der Waals surface area contributed by atoms with E-state index in [1.54, 1.807) is 0 Å². The van der Waals surface area contributed by atoms with Crippen LogP contribution in [0.15, 0.2) is 48.5 Å². The summed E-state index contributed by atoms with van der Waals surface area (Å²) in [6.45, 7) is 8.69. The highest BCUT2D eigenvalue weighted by Gasteiger charge is 2.22. The maximum Gasteiger partial charge on any atom is 0.254 e. The van der Waals surface area contributed by atoms with E-state index >= 15 is 0 Å². The molecule has 4 nitrogen and oxygen atoms in total. The molecule has 1 atom stereocenters. The van der Waals surface area contributed by atoms with E-state index in [1.165, 1.54) is 37.7 Å². The molecule has 32 heavy (non-hydrogen) atoms. The molecular formula is C28H40N2O2. The Kier molecular flexibility index (Phi) is 11.0. The summed E-state index contributed by atoms with van der Waals surface area (Å²) in [5.74, 6) is -0.0725. The van der Waals surface area contributed by atoms with E-state index in [2.05, 4.69) is 31.3 Å². The summed E-state index contributed by atoms with van der Waals surface area (Å²) in [5.41, 5.74) is 3.79. The number of hydrogen-bond donors (Lipinski definition) is 1. The smallest absolute Gasteiger partial charge is 0.254 e. The van der Waals surface area contributed by atoms with Gasteiger partial charge < -0.3 is 10.2 Å². The first-order valence-electron chi connectivity index (χ1n) is 12.2. The van der Waals surface area contributed by atoms with Crippen LogP contribution < -0.4 is 5.32 Å². The molecule has 0 saturated heterocycles. The van der Waals surface area contributed by atoms with Gasteiger partial charge in [0.2, 0.25) is 5.91 Å². The fourth-order valence-corrected chi connectivity index (χ4v) is 3.84. The van der Waals surface area contributed by atoms with Crippen LogP contribution in [-0.2, 0) is 11.2 Å². The standard InChI is InChI=1S/C28H40N2O2/c1-5-7-8-9-10-14-24-16-18-25(19-17-24)29-27(31)20-21-30(23(4)6-2)28(32)26-15-12-11-13-22(26)3/h11-13,15-19,23H,5-10,14,20-21H2,1-4H3,(H,29,31). The van der Waals surface area contributed by atoms with Crippen molar-refractivity contribution in [2.24, 2.45) is 0 Å². The second-order valence-electron chi connectivity index (χ2n) is 8.73. The predicted octanol–water partition coefficient (Wildman–Crippen LogP) is 6.78. The number of aryl methyl sites for hydroxylation is 2. The van der Waals surface area contributed by atoms with Crippen molar-refractivity contribution in [2.75, 3.05) is 11.9 Å². The van der Waals surface area contributed by atoms with E-state index in [0.717, 1.165) is 24.1 Å². The number of nitrogens with one attached hydrogen (secondary N) is 1. The summed E-state index contributed by atoms with van der Waals surface area (Å²) in [6, 6.07) is 15.9. The number of unbranched alkanes of at least 4 members (excludes halogenated alkanes) is 4. The van der Waals surface area contributed by atoms with Crippen LogP contribution in [0.1, 0.15) is 87.2 Å². The topological polar surface area (TPSA) is 49.4 Å². The summed E-state index contributed by atoms with van der Waals surface area (Å²) >= 11 is 0. The van der Waals surface area contributed by atoms with Crippen LogP contribution in [0.3, 0.4) is 0 Å². The molecule has 0 aliphatic rings. The lowest BCUT2D eigenvalue weighted by molar-refractivity contribution is -0.116. The predicted molar refractivity (Wildman–Crippen MR) is 134 cm³/mol. The van der Waals surface area contributed by atoms with Gasteiger partial charge in [-0.3, -0.25) is 9.59 Å². The average molecular weight is 437 g/mol. The molecule has 174 valence electrons. The Bertz CT molecular complexity index is 845. The number of nitrogens with zero attached hydrogens (tertiary/aromatic N) is 1. The quantitative estimate of drug-likeness (QED) is 0.352. The van der Waals surface area contributed by atoms with Crippen LogP contribution in [0.2, 0.25) is 0 Å². The minimum Gasteiger partial charge on any atom is -0.335 e. The van der Waals surface area contributed by atoms with Gasteiger partial charge in [0.15, 0.2) is 0 Å². The molecule has 0 fully saturated rings. The van der Waals surface area contributed by atoms with Gasteiger partial charge >= 0.3 is 0 Å². The van der Waals surface area contributed by atoms with E-state index in [1.807, 2.05) is 55.1 Å². The van der Waals surface area contributed by atoms with Crippen molar-refractivity contribution >= 4 is 17.5 Å². The van der Waals surface area contributed by atoms with Crippen LogP contribution in [0, 0.1) is 6.92 Å². The summed E-state index contributed by atoms with van der Waals surface area (Å²) in [6.07, 6.45) is 8.60. The van der Waals surface area contributed by atoms with Gasteiger partial charge in [-0.25, -0.2) is 0 Å². The van der Waals surface area contributed by atoms with Gasteiger partial charge in [-0.2, -0.15) is 0 Å². The maximum absolute atomic E-state index is 13.1. The van der Waals surface area contributed by atoms with Gasteiger partial charge in [0.25, 0.3) is 5.91 Å². The second-order valence-corrected chi connectivity index (χ2v) is 8.73. The second kappa shape index (κ2) is 13.7. The van der Waals surface area contributed by atoms with Gasteiger partial charge in [0, 0.05) is 30.3 Å². The monoisotopic (exact) mass is 436 g/mol. The van der Waals surface area contributed by atoms with Gasteiger partial charge in [0.1, 0.15) is 0 Å². The molecule has 0 bridgehead atoms.